The number of nitrogens with zero attached hydrogens (tertiary/aromatic N) is 2. The van der Waals surface area contributed by atoms with E-state index in [0.717, 1.165) is 17.4 Å². The number of hydrogen-bond donors (Lipinski definition) is 2. The van der Waals surface area contributed by atoms with Crippen molar-refractivity contribution in [2.45, 2.75) is 23.4 Å². The minimum absolute atomic E-state index is 0.657. The third kappa shape index (κ3) is 2.62. The van der Waals surface area contributed by atoms with E-state index in [1.807, 2.05) is 19.1 Å². The average molecular weight is 234 g/mol. The van der Waals surface area contributed by atoms with Crippen molar-refractivity contribution < 1.29 is 0 Å². The van der Waals surface area contributed by atoms with Crippen LogP contribution >= 0.6 is 11.8 Å². The van der Waals surface area contributed by atoms with E-state index in [-0.39, 0.29) is 0 Å². The maximum Gasteiger partial charge on any atom is 0.213 e. The molecule has 0 atom stereocenters. The summed E-state index contributed by atoms with van der Waals surface area (Å²) >= 11 is 1.57. The summed E-state index contributed by atoms with van der Waals surface area (Å²) in [6, 6.07) is 8.20. The third-order valence-electron chi connectivity index (χ3n) is 2.16. The normalized spacial score (nSPS) is 10.6. The highest BCUT2D eigenvalue weighted by atomic mass is 32.2. The van der Waals surface area contributed by atoms with Crippen molar-refractivity contribution in [2.24, 2.45) is 5.73 Å². The zero-order chi connectivity index (χ0) is 11.4. The zero-order valence-electron chi connectivity index (χ0n) is 9.10. The highest BCUT2D eigenvalue weighted by Crippen LogP contribution is 2.27. The van der Waals surface area contributed by atoms with Crippen LogP contribution in [0.2, 0.25) is 0 Å². The van der Waals surface area contributed by atoms with Crippen molar-refractivity contribution in [3.8, 4) is 0 Å². The lowest BCUT2D eigenvalue weighted by Gasteiger charge is -2.05. The fourth-order valence-electron chi connectivity index (χ4n) is 1.43. The van der Waals surface area contributed by atoms with Gasteiger partial charge in [0.05, 0.1) is 0 Å². The SMILES string of the molecule is Cc1nc(Sc2ccccc2CCN)n[nH]1. The van der Waals surface area contributed by atoms with E-state index in [0.29, 0.717) is 6.54 Å². The topological polar surface area (TPSA) is 67.6 Å². The van der Waals surface area contributed by atoms with Gasteiger partial charge in [-0.1, -0.05) is 18.2 Å². The Labute approximate surface area is 98.7 Å². The summed E-state index contributed by atoms with van der Waals surface area (Å²) in [5.41, 5.74) is 6.83. The van der Waals surface area contributed by atoms with Crippen molar-refractivity contribution in [1.29, 1.82) is 0 Å². The summed E-state index contributed by atoms with van der Waals surface area (Å²) in [6.07, 6.45) is 0.882. The third-order valence-corrected chi connectivity index (χ3v) is 3.15. The van der Waals surface area contributed by atoms with Crippen LogP contribution < -0.4 is 5.73 Å². The molecule has 0 unspecified atom stereocenters. The Bertz CT molecular complexity index is 467. The molecule has 0 bridgehead atoms. The molecule has 1 heterocycles. The summed E-state index contributed by atoms with van der Waals surface area (Å²) in [5.74, 6) is 0.832. The van der Waals surface area contributed by atoms with E-state index in [9.17, 15) is 0 Å². The molecular weight excluding hydrogens is 220 g/mol. The Hall–Kier alpha value is -1.33. The largest absolute Gasteiger partial charge is 0.330 e. The Morgan fingerprint density at radius 2 is 2.19 bits per heavy atom. The van der Waals surface area contributed by atoms with Crippen LogP contribution in [-0.4, -0.2) is 21.7 Å². The Balaban J connectivity index is 2.20. The van der Waals surface area contributed by atoms with Crippen LogP contribution in [0.1, 0.15) is 11.4 Å². The van der Waals surface area contributed by atoms with E-state index >= 15 is 0 Å². The van der Waals surface area contributed by atoms with Gasteiger partial charge in [-0.15, -0.1) is 5.10 Å². The molecule has 0 saturated heterocycles. The predicted octanol–water partition coefficient (Wildman–Crippen LogP) is 1.77. The molecule has 2 rings (SSSR count). The molecule has 1 aromatic heterocycles. The number of H-pyrrole nitrogens is 1. The van der Waals surface area contributed by atoms with Gasteiger partial charge >= 0.3 is 0 Å². The molecule has 0 spiro atoms. The number of nitrogens with two attached hydrogens (primary N) is 1. The highest BCUT2D eigenvalue weighted by Gasteiger charge is 2.06. The molecule has 0 aliphatic carbocycles. The Morgan fingerprint density at radius 1 is 1.38 bits per heavy atom. The van der Waals surface area contributed by atoms with Gasteiger partial charge in [0.2, 0.25) is 5.16 Å². The van der Waals surface area contributed by atoms with Gasteiger partial charge in [-0.05, 0) is 43.3 Å². The molecule has 4 nitrogen and oxygen atoms in total. The van der Waals surface area contributed by atoms with Crippen molar-refractivity contribution >= 4 is 11.8 Å². The van der Waals surface area contributed by atoms with Crippen molar-refractivity contribution in [3.05, 3.63) is 35.7 Å². The van der Waals surface area contributed by atoms with E-state index < -0.39 is 0 Å². The molecular formula is C11H14N4S. The van der Waals surface area contributed by atoms with Crippen LogP contribution in [0.4, 0.5) is 0 Å². The number of hydrogen-bond acceptors (Lipinski definition) is 4. The Morgan fingerprint density at radius 3 is 2.88 bits per heavy atom. The molecule has 0 fully saturated rings. The van der Waals surface area contributed by atoms with Crippen molar-refractivity contribution in [3.63, 3.8) is 0 Å². The van der Waals surface area contributed by atoms with Gasteiger partial charge in [0.25, 0.3) is 0 Å². The smallest absolute Gasteiger partial charge is 0.213 e. The molecule has 84 valence electrons. The zero-order valence-corrected chi connectivity index (χ0v) is 9.92. The van der Waals surface area contributed by atoms with Crippen molar-refractivity contribution in [2.75, 3.05) is 6.54 Å². The summed E-state index contributed by atoms with van der Waals surface area (Å²) in [6.45, 7) is 2.55. The van der Waals surface area contributed by atoms with E-state index in [2.05, 4.69) is 27.3 Å². The van der Waals surface area contributed by atoms with Crippen LogP contribution in [0.3, 0.4) is 0 Å². The molecule has 1 aromatic carbocycles. The van der Waals surface area contributed by atoms with Gasteiger partial charge in [0.15, 0.2) is 0 Å². The first kappa shape index (κ1) is 11.2. The summed E-state index contributed by atoms with van der Waals surface area (Å²) in [4.78, 5) is 5.45. The second-order valence-corrected chi connectivity index (χ2v) is 4.46. The maximum absolute atomic E-state index is 5.58. The number of rotatable bonds is 4. The van der Waals surface area contributed by atoms with E-state index in [4.69, 9.17) is 5.73 Å². The number of benzene rings is 1. The van der Waals surface area contributed by atoms with Gasteiger partial charge in [0.1, 0.15) is 5.82 Å². The van der Waals surface area contributed by atoms with Crippen molar-refractivity contribution in [1.82, 2.24) is 15.2 Å². The molecule has 16 heavy (non-hydrogen) atoms. The summed E-state index contributed by atoms with van der Waals surface area (Å²) in [7, 11) is 0. The molecule has 2 aromatic rings. The monoisotopic (exact) mass is 234 g/mol. The number of aryl methyl sites for hydroxylation is 1. The van der Waals surface area contributed by atoms with Gasteiger partial charge in [-0.2, -0.15) is 0 Å². The van der Waals surface area contributed by atoms with Gasteiger partial charge in [-0.3, -0.25) is 5.10 Å². The number of nitrogens with one attached hydrogen (secondary N) is 1. The number of aromatic nitrogens is 3. The second kappa shape index (κ2) is 5.14. The van der Waals surface area contributed by atoms with Gasteiger partial charge in [-0.25, -0.2) is 4.98 Å². The molecule has 3 N–H and O–H groups in total. The minimum Gasteiger partial charge on any atom is -0.330 e. The van der Waals surface area contributed by atoms with E-state index in [1.54, 1.807) is 11.8 Å². The lowest BCUT2D eigenvalue weighted by molar-refractivity contribution is 0.937. The summed E-state index contributed by atoms with van der Waals surface area (Å²) in [5, 5.41) is 7.69. The molecule has 0 radical (unpaired) electrons. The van der Waals surface area contributed by atoms with Gasteiger partial charge < -0.3 is 5.73 Å². The van der Waals surface area contributed by atoms with Crippen LogP contribution in [0.15, 0.2) is 34.3 Å². The van der Waals surface area contributed by atoms with Gasteiger partial charge in [0, 0.05) is 4.90 Å². The lowest BCUT2D eigenvalue weighted by Crippen LogP contribution is -2.03. The predicted molar refractivity (Wildman–Crippen MR) is 64.4 cm³/mol. The quantitative estimate of drug-likeness (QED) is 0.846. The lowest BCUT2D eigenvalue weighted by atomic mass is 10.1. The molecule has 0 aliphatic rings. The summed E-state index contributed by atoms with van der Waals surface area (Å²) < 4.78 is 0. The maximum atomic E-state index is 5.58. The first-order chi connectivity index (χ1) is 7.79. The highest BCUT2D eigenvalue weighted by molar-refractivity contribution is 7.99. The first-order valence-corrected chi connectivity index (χ1v) is 5.96. The molecule has 0 saturated carbocycles. The fourth-order valence-corrected chi connectivity index (χ4v) is 2.35. The standard InChI is InChI=1S/C11H14N4S/c1-8-13-11(15-14-8)16-10-5-3-2-4-9(10)6-7-12/h2-5H,6-7,12H2,1H3,(H,13,14,15). The molecule has 5 heteroatoms. The first-order valence-electron chi connectivity index (χ1n) is 5.14. The molecule has 0 aliphatic heterocycles. The Kier molecular flexibility index (Phi) is 3.58. The van der Waals surface area contributed by atoms with Crippen LogP contribution in [0, 0.1) is 6.92 Å². The van der Waals surface area contributed by atoms with Crippen LogP contribution in [0.25, 0.3) is 0 Å². The van der Waals surface area contributed by atoms with Crippen LogP contribution in [-0.2, 0) is 6.42 Å². The number of aromatic amines is 1. The fraction of sp³-hybridized carbons (Fsp3) is 0.273. The van der Waals surface area contributed by atoms with Crippen LogP contribution in [0.5, 0.6) is 0 Å². The average Bonchev–Trinajstić information content (AvgIpc) is 2.67. The minimum atomic E-state index is 0.657. The molecule has 0 amide bonds. The van der Waals surface area contributed by atoms with E-state index in [1.165, 1.54) is 10.5 Å². The second-order valence-electron chi connectivity index (χ2n) is 3.45.